The van der Waals surface area contributed by atoms with E-state index in [1.165, 1.54) is 0 Å². The molecule has 0 saturated heterocycles. The van der Waals surface area contributed by atoms with Gasteiger partial charge in [-0.15, -0.1) is 0 Å². The Kier molecular flexibility index (Phi) is 4.19. The molecule has 5 nitrogen and oxygen atoms in total. The fourth-order valence-corrected chi connectivity index (χ4v) is 2.28. The fraction of sp³-hybridized carbons (Fsp3) is 0.167. The van der Waals surface area contributed by atoms with Crippen LogP contribution in [0.5, 0.6) is 0 Å². The smallest absolute Gasteiger partial charge is 0.357 e. The normalized spacial score (nSPS) is 10.5. The number of rotatable bonds is 4. The first-order valence-electron chi connectivity index (χ1n) is 7.43. The van der Waals surface area contributed by atoms with Gasteiger partial charge in [-0.3, -0.25) is 4.98 Å². The lowest BCUT2D eigenvalue weighted by Gasteiger charge is -2.03. The lowest BCUT2D eigenvalue weighted by atomic mass is 10.1. The number of pyridine rings is 1. The summed E-state index contributed by atoms with van der Waals surface area (Å²) in [4.78, 5) is 24.0. The second-order valence-electron chi connectivity index (χ2n) is 5.14. The molecule has 23 heavy (non-hydrogen) atoms. The van der Waals surface area contributed by atoms with E-state index in [1.807, 2.05) is 43.3 Å². The zero-order chi connectivity index (χ0) is 16.2. The van der Waals surface area contributed by atoms with E-state index in [2.05, 4.69) is 15.0 Å². The van der Waals surface area contributed by atoms with Crippen LogP contribution in [0.15, 0.2) is 48.8 Å². The van der Waals surface area contributed by atoms with Gasteiger partial charge in [-0.25, -0.2) is 9.78 Å². The molecular weight excluding hydrogens is 290 g/mol. The minimum atomic E-state index is -0.411. The molecule has 0 aliphatic rings. The Morgan fingerprint density at radius 3 is 2.61 bits per heavy atom. The minimum Gasteiger partial charge on any atom is -0.461 e. The van der Waals surface area contributed by atoms with Crippen molar-refractivity contribution in [2.45, 2.75) is 13.8 Å². The van der Waals surface area contributed by atoms with Gasteiger partial charge in [-0.2, -0.15) is 0 Å². The molecule has 1 aromatic carbocycles. The highest BCUT2D eigenvalue weighted by Gasteiger charge is 2.20. The number of benzene rings is 1. The monoisotopic (exact) mass is 307 g/mol. The van der Waals surface area contributed by atoms with Gasteiger partial charge >= 0.3 is 5.97 Å². The van der Waals surface area contributed by atoms with Crippen molar-refractivity contribution in [2.24, 2.45) is 0 Å². The third kappa shape index (κ3) is 3.13. The van der Waals surface area contributed by atoms with Gasteiger partial charge in [-0.05, 0) is 26.0 Å². The molecule has 0 amide bonds. The first kappa shape index (κ1) is 15.0. The van der Waals surface area contributed by atoms with Crippen molar-refractivity contribution in [1.82, 2.24) is 15.0 Å². The van der Waals surface area contributed by atoms with Gasteiger partial charge in [0, 0.05) is 23.5 Å². The molecule has 0 fully saturated rings. The fourth-order valence-electron chi connectivity index (χ4n) is 2.28. The summed E-state index contributed by atoms with van der Waals surface area (Å²) in [7, 11) is 0. The van der Waals surface area contributed by atoms with Crippen molar-refractivity contribution in [3.63, 3.8) is 0 Å². The van der Waals surface area contributed by atoms with Crippen LogP contribution >= 0.6 is 0 Å². The number of H-pyrrole nitrogens is 1. The number of hydrogen-bond acceptors (Lipinski definition) is 4. The number of nitrogens with one attached hydrogen (secondary N) is 1. The molecule has 0 spiro atoms. The quantitative estimate of drug-likeness (QED) is 0.747. The Bertz CT molecular complexity index is 808. The van der Waals surface area contributed by atoms with E-state index in [9.17, 15) is 4.79 Å². The summed E-state index contributed by atoms with van der Waals surface area (Å²) in [5.41, 5.74) is 3.77. The van der Waals surface area contributed by atoms with Crippen molar-refractivity contribution >= 4 is 5.97 Å². The summed E-state index contributed by atoms with van der Waals surface area (Å²) in [6.45, 7) is 4.11. The van der Waals surface area contributed by atoms with Crippen molar-refractivity contribution < 1.29 is 9.53 Å². The van der Waals surface area contributed by atoms with E-state index < -0.39 is 5.97 Å². The van der Waals surface area contributed by atoms with Crippen LogP contribution in [0.3, 0.4) is 0 Å². The summed E-state index contributed by atoms with van der Waals surface area (Å²) >= 11 is 0. The lowest BCUT2D eigenvalue weighted by Crippen LogP contribution is -2.06. The Labute approximate surface area is 134 Å². The van der Waals surface area contributed by atoms with Gasteiger partial charge in [0.1, 0.15) is 11.5 Å². The average molecular weight is 307 g/mol. The summed E-state index contributed by atoms with van der Waals surface area (Å²) in [5, 5.41) is 0. The van der Waals surface area contributed by atoms with Crippen LogP contribution in [0, 0.1) is 6.92 Å². The van der Waals surface area contributed by atoms with E-state index in [0.717, 1.165) is 16.7 Å². The summed E-state index contributed by atoms with van der Waals surface area (Å²) in [5.74, 6) is 0.183. The van der Waals surface area contributed by atoms with Gasteiger partial charge in [-0.1, -0.05) is 29.8 Å². The highest BCUT2D eigenvalue weighted by atomic mass is 16.5. The maximum atomic E-state index is 12.2. The summed E-state index contributed by atoms with van der Waals surface area (Å²) in [6, 6.07) is 11.6. The zero-order valence-electron chi connectivity index (χ0n) is 13.0. The number of aromatic amines is 1. The van der Waals surface area contributed by atoms with Gasteiger partial charge in [0.2, 0.25) is 0 Å². The molecule has 2 heterocycles. The number of aryl methyl sites for hydroxylation is 1. The van der Waals surface area contributed by atoms with E-state index in [4.69, 9.17) is 4.74 Å². The van der Waals surface area contributed by atoms with Crippen LogP contribution in [0.2, 0.25) is 0 Å². The standard InChI is InChI=1S/C18H17N3O2/c1-3-23-18(22)16-15(13-8-6-12(2)7-9-13)20-17(21-16)14-5-4-10-19-11-14/h4-11H,3H2,1-2H3,(H,20,21). The number of carbonyl (C=O) groups is 1. The molecule has 0 radical (unpaired) electrons. The molecule has 2 aromatic heterocycles. The molecule has 0 atom stereocenters. The third-order valence-electron chi connectivity index (χ3n) is 3.44. The summed E-state index contributed by atoms with van der Waals surface area (Å²) < 4.78 is 5.14. The van der Waals surface area contributed by atoms with E-state index in [0.29, 0.717) is 23.8 Å². The average Bonchev–Trinajstić information content (AvgIpc) is 3.02. The molecule has 0 bridgehead atoms. The number of ether oxygens (including phenoxy) is 1. The summed E-state index contributed by atoms with van der Waals surface area (Å²) in [6.07, 6.45) is 3.40. The Morgan fingerprint density at radius 1 is 1.17 bits per heavy atom. The molecular formula is C18H17N3O2. The molecule has 5 heteroatoms. The zero-order valence-corrected chi connectivity index (χ0v) is 13.0. The van der Waals surface area contributed by atoms with Crippen molar-refractivity contribution in [1.29, 1.82) is 0 Å². The SMILES string of the molecule is CCOC(=O)c1[nH]c(-c2cccnc2)nc1-c1ccc(C)cc1. The molecule has 0 unspecified atom stereocenters. The maximum Gasteiger partial charge on any atom is 0.357 e. The first-order valence-corrected chi connectivity index (χ1v) is 7.43. The molecule has 3 rings (SSSR count). The highest BCUT2D eigenvalue weighted by molar-refractivity contribution is 5.95. The molecule has 0 aliphatic carbocycles. The number of imidazole rings is 1. The predicted octanol–water partition coefficient (Wildman–Crippen LogP) is 3.62. The molecule has 0 saturated carbocycles. The first-order chi connectivity index (χ1) is 11.2. The van der Waals surface area contributed by atoms with Gasteiger partial charge in [0.25, 0.3) is 0 Å². The Hall–Kier alpha value is -2.95. The topological polar surface area (TPSA) is 67.9 Å². The molecule has 0 aliphatic heterocycles. The van der Waals surface area contributed by atoms with Gasteiger partial charge < -0.3 is 9.72 Å². The van der Waals surface area contributed by atoms with Crippen molar-refractivity contribution in [3.05, 3.63) is 60.0 Å². The van der Waals surface area contributed by atoms with Crippen LogP contribution in [-0.4, -0.2) is 27.5 Å². The lowest BCUT2D eigenvalue weighted by molar-refractivity contribution is 0.0521. The van der Waals surface area contributed by atoms with E-state index in [-0.39, 0.29) is 0 Å². The van der Waals surface area contributed by atoms with E-state index >= 15 is 0 Å². The van der Waals surface area contributed by atoms with Crippen LogP contribution in [0.1, 0.15) is 23.0 Å². The third-order valence-corrected chi connectivity index (χ3v) is 3.44. The number of esters is 1. The van der Waals surface area contributed by atoms with Crippen LogP contribution in [-0.2, 0) is 4.74 Å². The van der Waals surface area contributed by atoms with Crippen LogP contribution in [0.25, 0.3) is 22.6 Å². The number of nitrogens with zero attached hydrogens (tertiary/aromatic N) is 2. The van der Waals surface area contributed by atoms with Crippen LogP contribution < -0.4 is 0 Å². The second-order valence-corrected chi connectivity index (χ2v) is 5.14. The van der Waals surface area contributed by atoms with Gasteiger partial charge in [0.05, 0.1) is 6.61 Å². The van der Waals surface area contributed by atoms with E-state index in [1.54, 1.807) is 19.3 Å². The molecule has 3 aromatic rings. The Morgan fingerprint density at radius 2 is 1.96 bits per heavy atom. The molecule has 116 valence electrons. The van der Waals surface area contributed by atoms with Crippen LogP contribution in [0.4, 0.5) is 0 Å². The van der Waals surface area contributed by atoms with Crippen molar-refractivity contribution in [3.8, 4) is 22.6 Å². The second kappa shape index (κ2) is 6.44. The maximum absolute atomic E-state index is 12.2. The Balaban J connectivity index is 2.10. The number of carbonyl (C=O) groups excluding carboxylic acids is 1. The van der Waals surface area contributed by atoms with Gasteiger partial charge in [0.15, 0.2) is 5.69 Å². The van der Waals surface area contributed by atoms with Crippen molar-refractivity contribution in [2.75, 3.05) is 6.61 Å². The highest BCUT2D eigenvalue weighted by Crippen LogP contribution is 2.26. The number of aromatic nitrogens is 3. The molecule has 1 N–H and O–H groups in total. The predicted molar refractivity (Wildman–Crippen MR) is 87.9 cm³/mol. The number of hydrogen-bond donors (Lipinski definition) is 1. The minimum absolute atomic E-state index is 0.313. The largest absolute Gasteiger partial charge is 0.461 e.